The Morgan fingerprint density at radius 2 is 1.69 bits per heavy atom. The smallest absolute Gasteiger partial charge is 0.407 e. The minimum absolute atomic E-state index is 0.0647. The number of carbonyl (C=O) groups excluding carboxylic acids is 2. The van der Waals surface area contributed by atoms with Gasteiger partial charge in [0.05, 0.1) is 5.41 Å². The summed E-state index contributed by atoms with van der Waals surface area (Å²) in [5.41, 5.74) is 3.63. The van der Waals surface area contributed by atoms with Crippen LogP contribution in [-0.4, -0.2) is 53.7 Å². The Hall–Kier alpha value is -3.35. The summed E-state index contributed by atoms with van der Waals surface area (Å²) in [6.07, 6.45) is 1.05. The number of hydrogen-bond donors (Lipinski definition) is 2. The van der Waals surface area contributed by atoms with Crippen LogP contribution in [0.3, 0.4) is 0 Å². The van der Waals surface area contributed by atoms with Gasteiger partial charge in [0.15, 0.2) is 0 Å². The van der Waals surface area contributed by atoms with Crippen LogP contribution < -0.4 is 5.32 Å². The molecule has 1 saturated heterocycles. The maximum absolute atomic E-state index is 13.3. The Labute approximate surface area is 206 Å². The summed E-state index contributed by atoms with van der Waals surface area (Å²) in [6.45, 7) is 6.38. The fourth-order valence-corrected chi connectivity index (χ4v) is 5.50. The average molecular weight is 479 g/mol. The normalized spacial score (nSPS) is 19.8. The number of nitrogens with zero attached hydrogens (tertiary/aromatic N) is 1. The van der Waals surface area contributed by atoms with Crippen LogP contribution in [0.4, 0.5) is 4.79 Å². The first-order valence-corrected chi connectivity index (χ1v) is 12.4. The van der Waals surface area contributed by atoms with E-state index in [4.69, 9.17) is 4.74 Å². The van der Waals surface area contributed by atoms with Gasteiger partial charge in [0.2, 0.25) is 5.91 Å². The third-order valence-electron chi connectivity index (χ3n) is 7.40. The van der Waals surface area contributed by atoms with Crippen molar-refractivity contribution in [1.82, 2.24) is 10.2 Å². The van der Waals surface area contributed by atoms with Crippen LogP contribution >= 0.6 is 0 Å². The molecule has 35 heavy (non-hydrogen) atoms. The second-order valence-electron chi connectivity index (χ2n) is 10.0. The van der Waals surface area contributed by atoms with Gasteiger partial charge < -0.3 is 20.1 Å². The van der Waals surface area contributed by atoms with Gasteiger partial charge in [0, 0.05) is 19.0 Å². The molecule has 1 fully saturated rings. The van der Waals surface area contributed by atoms with Gasteiger partial charge in [-0.1, -0.05) is 75.7 Å². The molecule has 1 heterocycles. The molecule has 1 aliphatic heterocycles. The SMILES string of the molecule is CCCC1(C(=O)O)CCN(C(=O)[C@H](NC(=O)OCC2c3ccccc3-c3ccccc32)C(C)C)C1. The van der Waals surface area contributed by atoms with E-state index in [-0.39, 0.29) is 30.9 Å². The minimum Gasteiger partial charge on any atom is -0.481 e. The van der Waals surface area contributed by atoms with Crippen LogP contribution in [0.15, 0.2) is 48.5 Å². The highest BCUT2D eigenvalue weighted by Gasteiger charge is 2.46. The summed E-state index contributed by atoms with van der Waals surface area (Å²) in [4.78, 5) is 39.6. The van der Waals surface area contributed by atoms with Crippen LogP contribution in [0, 0.1) is 11.3 Å². The first-order valence-electron chi connectivity index (χ1n) is 12.4. The van der Waals surface area contributed by atoms with Gasteiger partial charge >= 0.3 is 12.1 Å². The molecular weight excluding hydrogens is 444 g/mol. The first kappa shape index (κ1) is 24.8. The lowest BCUT2D eigenvalue weighted by Crippen LogP contribution is -2.51. The molecular formula is C28H34N2O5. The maximum atomic E-state index is 13.3. The van der Waals surface area contributed by atoms with Gasteiger partial charge in [0.1, 0.15) is 12.6 Å². The molecule has 2 amide bonds. The molecule has 7 nitrogen and oxygen atoms in total. The Balaban J connectivity index is 1.41. The number of carboxylic acids is 1. The zero-order chi connectivity index (χ0) is 25.2. The molecule has 0 radical (unpaired) electrons. The van der Waals surface area contributed by atoms with Crippen LogP contribution in [0.2, 0.25) is 0 Å². The number of carboxylic acid groups (broad SMARTS) is 1. The van der Waals surface area contributed by atoms with Crippen molar-refractivity contribution in [3.05, 3.63) is 59.7 Å². The van der Waals surface area contributed by atoms with Crippen molar-refractivity contribution in [3.8, 4) is 11.1 Å². The molecule has 0 bridgehead atoms. The summed E-state index contributed by atoms with van der Waals surface area (Å²) < 4.78 is 5.64. The van der Waals surface area contributed by atoms with Crippen molar-refractivity contribution in [2.45, 2.75) is 52.0 Å². The summed E-state index contributed by atoms with van der Waals surface area (Å²) in [5.74, 6) is -1.35. The van der Waals surface area contributed by atoms with E-state index < -0.39 is 23.5 Å². The highest BCUT2D eigenvalue weighted by Crippen LogP contribution is 2.44. The molecule has 2 aromatic carbocycles. The molecule has 2 atom stereocenters. The predicted molar refractivity (Wildman–Crippen MR) is 133 cm³/mol. The third-order valence-corrected chi connectivity index (χ3v) is 7.40. The van der Waals surface area contributed by atoms with Gasteiger partial charge in [-0.05, 0) is 41.0 Å². The van der Waals surface area contributed by atoms with E-state index >= 15 is 0 Å². The molecule has 2 aliphatic rings. The van der Waals surface area contributed by atoms with Crippen molar-refractivity contribution < 1.29 is 24.2 Å². The zero-order valence-electron chi connectivity index (χ0n) is 20.6. The summed E-state index contributed by atoms with van der Waals surface area (Å²) in [7, 11) is 0. The van der Waals surface area contributed by atoms with E-state index in [9.17, 15) is 19.5 Å². The van der Waals surface area contributed by atoms with E-state index in [0.29, 0.717) is 19.4 Å². The average Bonchev–Trinajstić information content (AvgIpc) is 3.41. The van der Waals surface area contributed by atoms with Crippen molar-refractivity contribution in [1.29, 1.82) is 0 Å². The quantitative estimate of drug-likeness (QED) is 0.576. The highest BCUT2D eigenvalue weighted by molar-refractivity contribution is 5.87. The van der Waals surface area contributed by atoms with Crippen molar-refractivity contribution in [3.63, 3.8) is 0 Å². The lowest BCUT2D eigenvalue weighted by atomic mass is 9.83. The Morgan fingerprint density at radius 1 is 1.09 bits per heavy atom. The number of benzene rings is 2. The Kier molecular flexibility index (Phi) is 7.15. The van der Waals surface area contributed by atoms with Gasteiger partial charge in [-0.25, -0.2) is 4.79 Å². The molecule has 1 aliphatic carbocycles. The lowest BCUT2D eigenvalue weighted by molar-refractivity contribution is -0.149. The maximum Gasteiger partial charge on any atom is 0.407 e. The number of aliphatic carboxylic acids is 1. The summed E-state index contributed by atoms with van der Waals surface area (Å²) >= 11 is 0. The molecule has 186 valence electrons. The van der Waals surface area contributed by atoms with Crippen molar-refractivity contribution >= 4 is 18.0 Å². The number of amides is 2. The largest absolute Gasteiger partial charge is 0.481 e. The van der Waals surface area contributed by atoms with Crippen LogP contribution in [-0.2, 0) is 14.3 Å². The van der Waals surface area contributed by atoms with E-state index in [0.717, 1.165) is 28.7 Å². The highest BCUT2D eigenvalue weighted by atomic mass is 16.5. The van der Waals surface area contributed by atoms with E-state index in [2.05, 4.69) is 29.6 Å². The van der Waals surface area contributed by atoms with Crippen LogP contribution in [0.1, 0.15) is 57.1 Å². The summed E-state index contributed by atoms with van der Waals surface area (Å²) in [6, 6.07) is 15.5. The third kappa shape index (κ3) is 4.77. The van der Waals surface area contributed by atoms with Gasteiger partial charge in [-0.15, -0.1) is 0 Å². The standard InChI is InChI=1S/C28H34N2O5/c1-4-13-28(26(32)33)14-15-30(17-28)25(31)24(18(2)3)29-27(34)35-16-23-21-11-7-5-9-19(21)20-10-6-8-12-22(20)23/h5-12,18,23-24H,4,13-17H2,1-3H3,(H,29,34)(H,32,33)/t24-,28?/m1/s1. The Bertz CT molecular complexity index is 1070. The van der Waals surface area contributed by atoms with Gasteiger partial charge in [-0.3, -0.25) is 9.59 Å². The topological polar surface area (TPSA) is 95.9 Å². The lowest BCUT2D eigenvalue weighted by Gasteiger charge is -2.28. The number of fused-ring (bicyclic) bond motifs is 3. The van der Waals surface area contributed by atoms with Crippen molar-refractivity contribution in [2.75, 3.05) is 19.7 Å². The molecule has 0 aromatic heterocycles. The fraction of sp³-hybridized carbons (Fsp3) is 0.464. The van der Waals surface area contributed by atoms with E-state index in [1.54, 1.807) is 4.90 Å². The zero-order valence-corrected chi connectivity index (χ0v) is 20.6. The molecule has 0 saturated carbocycles. The number of rotatable bonds is 8. The van der Waals surface area contributed by atoms with E-state index in [1.807, 2.05) is 45.0 Å². The Morgan fingerprint density at radius 3 is 2.23 bits per heavy atom. The monoisotopic (exact) mass is 478 g/mol. The number of nitrogens with one attached hydrogen (secondary N) is 1. The number of likely N-dealkylation sites (tertiary alicyclic amines) is 1. The van der Waals surface area contributed by atoms with E-state index in [1.165, 1.54) is 0 Å². The molecule has 4 rings (SSSR count). The van der Waals surface area contributed by atoms with Crippen LogP contribution in [0.5, 0.6) is 0 Å². The summed E-state index contributed by atoms with van der Waals surface area (Å²) in [5, 5.41) is 12.5. The first-order chi connectivity index (χ1) is 16.8. The molecule has 1 unspecified atom stereocenters. The second kappa shape index (κ2) is 10.1. The minimum atomic E-state index is -0.907. The molecule has 0 spiro atoms. The molecule has 2 aromatic rings. The molecule has 7 heteroatoms. The number of hydrogen-bond acceptors (Lipinski definition) is 4. The second-order valence-corrected chi connectivity index (χ2v) is 10.0. The molecule has 2 N–H and O–H groups in total. The number of alkyl carbamates (subject to hydrolysis) is 1. The van der Waals surface area contributed by atoms with Crippen LogP contribution in [0.25, 0.3) is 11.1 Å². The fourth-order valence-electron chi connectivity index (χ4n) is 5.50. The van der Waals surface area contributed by atoms with Crippen molar-refractivity contribution in [2.24, 2.45) is 11.3 Å². The number of carbonyl (C=O) groups is 3. The van der Waals surface area contributed by atoms with Gasteiger partial charge in [0.25, 0.3) is 0 Å². The number of ether oxygens (including phenoxy) is 1. The van der Waals surface area contributed by atoms with Gasteiger partial charge in [-0.2, -0.15) is 0 Å². The predicted octanol–water partition coefficient (Wildman–Crippen LogP) is 4.65.